The van der Waals surface area contributed by atoms with Crippen molar-refractivity contribution in [2.75, 3.05) is 59.5 Å². The van der Waals surface area contributed by atoms with Crippen LogP contribution in [-0.4, -0.2) is 423 Å². The molecule has 4 amide bonds. The Morgan fingerprint density at radius 2 is 0.840 bits per heavy atom. The van der Waals surface area contributed by atoms with Crippen molar-refractivity contribution < 1.29 is 203 Å². The van der Waals surface area contributed by atoms with E-state index in [0.29, 0.717) is 0 Å². The van der Waals surface area contributed by atoms with Crippen molar-refractivity contribution in [2.45, 2.75) is 254 Å². The second-order valence-corrected chi connectivity index (χ2v) is 24.7. The zero-order valence-corrected chi connectivity index (χ0v) is 53.5. The summed E-state index contributed by atoms with van der Waals surface area (Å²) >= 11 is 0. The number of nitrogens with one attached hydrogen (secondary N) is 4. The molecule has 0 saturated carbocycles. The van der Waals surface area contributed by atoms with Gasteiger partial charge in [0.25, 0.3) is 0 Å². The van der Waals surface area contributed by atoms with Crippen LogP contribution in [0.5, 0.6) is 0 Å². The van der Waals surface area contributed by atoms with Gasteiger partial charge in [-0.1, -0.05) is 0 Å². The van der Waals surface area contributed by atoms with Crippen LogP contribution in [0.3, 0.4) is 0 Å². The number of ether oxygens (including phenoxy) is 14. The van der Waals surface area contributed by atoms with Crippen LogP contribution < -0.4 is 26.4 Å². The lowest BCUT2D eigenvalue weighted by Crippen LogP contribution is -2.73. The molecule has 7 fully saturated rings. The minimum absolute atomic E-state index is 0.248. The van der Waals surface area contributed by atoms with Crippen molar-refractivity contribution in [1.82, 2.24) is 21.3 Å². The Bertz CT molecular complexity index is 2600. The maximum Gasteiger partial charge on any atom is 0.217 e. The number of rotatable bonds is 31. The number of amides is 4. The summed E-state index contributed by atoms with van der Waals surface area (Å²) in [6.45, 7) is -6.59. The highest BCUT2D eigenvalue weighted by atomic mass is 16.8. The molecule has 0 radical (unpaired) electrons. The summed E-state index contributed by atoms with van der Waals surface area (Å²) in [6.07, 6.45) is -70.0. The number of carbonyl (C=O) groups is 5. The molecule has 0 unspecified atom stereocenters. The average molecular weight is 1460 g/mol. The minimum atomic E-state index is -3.61. The first-order chi connectivity index (χ1) is 47.3. The fraction of sp³-hybridized carbons (Fsp3) is 0.909. The second kappa shape index (κ2) is 36.8. The van der Waals surface area contributed by atoms with Gasteiger partial charge in [0.1, 0.15) is 171 Å². The first kappa shape index (κ1) is 83.2. The Balaban J connectivity index is 1.25. The molecular formula is C55H91N4O41-. The van der Waals surface area contributed by atoms with Crippen LogP contribution in [0.1, 0.15) is 27.2 Å². The van der Waals surface area contributed by atoms with Crippen molar-refractivity contribution >= 4 is 30.1 Å². The fourth-order valence-corrected chi connectivity index (χ4v) is 12.5. The van der Waals surface area contributed by atoms with Crippen molar-refractivity contribution in [1.29, 1.82) is 0 Å². The molecule has 0 aromatic heterocycles. The van der Waals surface area contributed by atoms with Crippen molar-refractivity contribution in [3.63, 3.8) is 0 Å². The predicted molar refractivity (Wildman–Crippen MR) is 305 cm³/mol. The van der Waals surface area contributed by atoms with Gasteiger partial charge in [-0.2, -0.15) is 0 Å². The van der Waals surface area contributed by atoms with E-state index in [4.69, 9.17) is 66.3 Å². The Hall–Kier alpha value is -4.05. The maximum atomic E-state index is 13.7. The van der Waals surface area contributed by atoms with Gasteiger partial charge in [0.2, 0.25) is 29.9 Å². The number of aliphatic hydroxyl groups is 21. The zero-order chi connectivity index (χ0) is 74.1. The molecule has 7 saturated heterocycles. The van der Waals surface area contributed by atoms with Crippen LogP contribution in [-0.2, 0) is 90.3 Å². The summed E-state index contributed by atoms with van der Waals surface area (Å²) in [4.78, 5) is 63.4. The summed E-state index contributed by atoms with van der Waals surface area (Å²) in [6, 6.07) is -6.94. The zero-order valence-electron chi connectivity index (χ0n) is 53.5. The van der Waals surface area contributed by atoms with Gasteiger partial charge in [-0.15, -0.1) is 0 Å². The highest BCUT2D eigenvalue weighted by molar-refractivity contribution is 5.75. The van der Waals surface area contributed by atoms with E-state index in [1.165, 1.54) is 0 Å². The quantitative estimate of drug-likeness (QED) is 0.0287. The monoisotopic (exact) mass is 1460 g/mol. The van der Waals surface area contributed by atoms with Crippen LogP contribution in [0.4, 0.5) is 0 Å². The van der Waals surface area contributed by atoms with Crippen LogP contribution in [0.15, 0.2) is 0 Å². The fourth-order valence-electron chi connectivity index (χ4n) is 12.5. The Morgan fingerprint density at radius 3 is 1.28 bits per heavy atom. The molecule has 0 bridgehead atoms. The lowest BCUT2D eigenvalue weighted by Gasteiger charge is -2.54. The molecule has 7 heterocycles. The predicted octanol–water partition coefficient (Wildman–Crippen LogP) is -18.8. The van der Waals surface area contributed by atoms with Gasteiger partial charge in [0.15, 0.2) is 37.7 Å². The topological polar surface area (TPSA) is 711 Å². The van der Waals surface area contributed by atoms with E-state index in [1.807, 2.05) is 0 Å². The summed E-state index contributed by atoms with van der Waals surface area (Å²) in [5.41, 5.74) is 0. The number of aliphatic hydroxyl groups excluding tert-OH is 21. The SMILES string of the molecule is CC(=O)N[C@H]1[C@H](O[C@@H]2[C@H](O[C@]3(C(=O)[O-])C[C@H](O)[C@@H](NC(C)=O)[C@H]([C@H](O)[C@H](O)CO)O3)[C@@H](O)[C@H](O[C@H]3[C@@H](O)[C@@H](CO)O[C@@H](O[C@@H]4[C@H](O)[C@@H](O)[C@H](O[C@H]5[C@H](O)[C@@H](O)[C@H](OC[C@@H](CO)NC=O)O[C@@H]5CO)O[C@@H]4CO)[C@@H]3NC(C)=O)O[C@@H]2CO)O[C@H](CO)[C@H](O)[C@@H]1O[C@@H]1O[C@H](CO)[C@H](O)[C@H](O)[C@H]1O. The van der Waals surface area contributed by atoms with E-state index in [-0.39, 0.29) is 6.41 Å². The third-order valence-electron chi connectivity index (χ3n) is 17.7. The molecule has 37 atom stereocenters. The van der Waals surface area contributed by atoms with E-state index in [9.17, 15) is 136 Å². The smallest absolute Gasteiger partial charge is 0.217 e. The third-order valence-corrected chi connectivity index (χ3v) is 17.7. The number of hydrogen-bond acceptors (Lipinski definition) is 41. The van der Waals surface area contributed by atoms with E-state index in [1.54, 1.807) is 0 Å². The van der Waals surface area contributed by atoms with Gasteiger partial charge < -0.3 is 205 Å². The summed E-state index contributed by atoms with van der Waals surface area (Å²) in [5, 5.41) is 253. The maximum absolute atomic E-state index is 13.7. The summed E-state index contributed by atoms with van der Waals surface area (Å²) in [7, 11) is 0. The molecule has 0 spiro atoms. The van der Waals surface area contributed by atoms with E-state index in [2.05, 4.69) is 21.3 Å². The molecule has 578 valence electrons. The second-order valence-electron chi connectivity index (χ2n) is 24.7. The highest BCUT2D eigenvalue weighted by Gasteiger charge is 2.62. The van der Waals surface area contributed by atoms with Gasteiger partial charge in [-0.05, 0) is 0 Å². The van der Waals surface area contributed by atoms with Crippen LogP contribution in [0.2, 0.25) is 0 Å². The molecule has 45 heteroatoms. The number of carbonyl (C=O) groups excluding carboxylic acids is 5. The van der Waals surface area contributed by atoms with Gasteiger partial charge in [-0.3, -0.25) is 19.2 Å². The van der Waals surface area contributed by atoms with E-state index in [0.717, 1.165) is 20.8 Å². The molecular weight excluding hydrogens is 1370 g/mol. The van der Waals surface area contributed by atoms with Crippen LogP contribution >= 0.6 is 0 Å². The number of carboxylic acid groups (broad SMARTS) is 1. The molecule has 7 aliphatic rings. The van der Waals surface area contributed by atoms with Gasteiger partial charge in [0.05, 0.1) is 77.6 Å². The molecule has 25 N–H and O–H groups in total. The molecule has 100 heavy (non-hydrogen) atoms. The van der Waals surface area contributed by atoms with Crippen molar-refractivity contribution in [2.24, 2.45) is 0 Å². The van der Waals surface area contributed by atoms with Gasteiger partial charge in [0, 0.05) is 27.2 Å². The Morgan fingerprint density at radius 1 is 0.460 bits per heavy atom. The van der Waals surface area contributed by atoms with Crippen LogP contribution in [0.25, 0.3) is 0 Å². The van der Waals surface area contributed by atoms with Crippen molar-refractivity contribution in [3.8, 4) is 0 Å². The number of hydrogen-bond donors (Lipinski definition) is 25. The van der Waals surface area contributed by atoms with Crippen LogP contribution in [0, 0.1) is 0 Å². The van der Waals surface area contributed by atoms with E-state index < -0.39 is 316 Å². The number of carboxylic acids is 1. The normalized spacial score (nSPS) is 45.0. The van der Waals surface area contributed by atoms with Gasteiger partial charge in [-0.25, -0.2) is 0 Å². The Kier molecular flexibility index (Phi) is 30.6. The van der Waals surface area contributed by atoms with E-state index >= 15 is 0 Å². The summed E-state index contributed by atoms with van der Waals surface area (Å²) in [5.74, 6) is -9.08. The molecule has 45 nitrogen and oxygen atoms in total. The lowest BCUT2D eigenvalue weighted by molar-refractivity contribution is -0.420. The molecule has 0 aromatic carbocycles. The first-order valence-electron chi connectivity index (χ1n) is 31.4. The van der Waals surface area contributed by atoms with Gasteiger partial charge >= 0.3 is 0 Å². The molecule has 7 aliphatic heterocycles. The first-order valence-corrected chi connectivity index (χ1v) is 31.4. The largest absolute Gasteiger partial charge is 0.544 e. The summed E-state index contributed by atoms with van der Waals surface area (Å²) < 4.78 is 82.1. The minimum Gasteiger partial charge on any atom is -0.544 e. The average Bonchev–Trinajstić information content (AvgIpc) is 0.752. The molecule has 0 aliphatic carbocycles. The third kappa shape index (κ3) is 18.6. The number of aliphatic carboxylic acids is 1. The Labute approximate surface area is 565 Å². The molecule has 7 rings (SSSR count). The van der Waals surface area contributed by atoms with Crippen molar-refractivity contribution in [3.05, 3.63) is 0 Å². The standard InChI is InChI=1S/C55H92N4O41/c1-15(69)57-27-19(72)4-55(54(85)86,99-46(27)30(74)20(73)6-61)100-47-40(84)53(93-26(12-67)43(47)96-49-29(59-17(3)71)44(32(76)23(9-64)89-49)97-51-37(81)34(78)31(75)21(7-62)90-51)98-45-28(58-16(2)70)48(88-22(8-63)33(45)77)94-41-25(11-66)92-52(39(83)36(41)80)95-42-24(10-65)91-50(38(82)35(42)79)87-13-18(5-60)56-14-68/h14,18-53,60-67,72-84H,4-13H2,1-3H3,(H,56,68)(H,57,69)(H,58,70)(H,59,71)(H,85,86)/p-1/t18-,19+,20-,21-,22-,23-,24-,25-,26-,27-,28-,29-,30-,31+,32+,33+,34+,35-,36-,37-,38-,39-,40-,41+,42-,43+,44-,45-,46-,47-,48+,49+,50-,51+,52+,53+,55+/m1/s1. The molecule has 0 aromatic rings. The lowest BCUT2D eigenvalue weighted by atomic mass is 9.88. The highest BCUT2D eigenvalue weighted by Crippen LogP contribution is 2.42.